The van der Waals surface area contributed by atoms with Crippen molar-refractivity contribution in [2.45, 2.75) is 32.1 Å². The number of benzene rings is 1. The highest BCUT2D eigenvalue weighted by molar-refractivity contribution is 6.30. The third kappa shape index (κ3) is 4.37. The Morgan fingerprint density at radius 2 is 1.96 bits per heavy atom. The molecule has 25 heavy (non-hydrogen) atoms. The van der Waals surface area contributed by atoms with Crippen molar-refractivity contribution < 1.29 is 14.3 Å². The molecule has 0 saturated carbocycles. The number of esters is 1. The molecule has 2 unspecified atom stereocenters. The summed E-state index contributed by atoms with van der Waals surface area (Å²) in [5.41, 5.74) is -0.670. The first-order valence-electron chi connectivity index (χ1n) is 7.40. The monoisotopic (exact) mass is 405 g/mol. The molecule has 2 atom stereocenters. The van der Waals surface area contributed by atoms with Crippen LogP contribution in [0.25, 0.3) is 0 Å². The van der Waals surface area contributed by atoms with E-state index in [0.29, 0.717) is 10.8 Å². The number of alkyl halides is 2. The van der Waals surface area contributed by atoms with Crippen LogP contribution >= 0.6 is 34.8 Å². The molecule has 0 aliphatic heterocycles. The van der Waals surface area contributed by atoms with Gasteiger partial charge in [0.25, 0.3) is 0 Å². The lowest BCUT2D eigenvalue weighted by Crippen LogP contribution is -2.56. The van der Waals surface area contributed by atoms with Gasteiger partial charge in [0.15, 0.2) is 0 Å². The minimum absolute atomic E-state index is 0.197. The molecule has 1 heterocycles. The van der Waals surface area contributed by atoms with E-state index in [1.165, 1.54) is 24.3 Å². The predicted octanol–water partition coefficient (Wildman–Crippen LogP) is 4.06. The Labute approximate surface area is 161 Å². The average molecular weight is 407 g/mol. The molecule has 0 amide bonds. The van der Waals surface area contributed by atoms with Crippen LogP contribution in [0.3, 0.4) is 0 Å². The highest BCUT2D eigenvalue weighted by atomic mass is 35.5. The fraction of sp³-hybridized carbons (Fsp3) is 0.438. The summed E-state index contributed by atoms with van der Waals surface area (Å²) in [6.45, 7) is 4.92. The largest absolute Gasteiger partial charge is 0.433 e. The van der Waals surface area contributed by atoms with Crippen LogP contribution in [0.2, 0.25) is 5.02 Å². The highest BCUT2D eigenvalue weighted by Crippen LogP contribution is 2.41. The molecule has 0 fully saturated rings. The minimum atomic E-state index is -1.78. The second kappa shape index (κ2) is 7.81. The van der Waals surface area contributed by atoms with E-state index in [1.807, 2.05) is 13.8 Å². The van der Waals surface area contributed by atoms with Crippen LogP contribution in [0.15, 0.2) is 36.9 Å². The van der Waals surface area contributed by atoms with Gasteiger partial charge in [-0.25, -0.2) is 4.98 Å². The van der Waals surface area contributed by atoms with Gasteiger partial charge in [-0.15, -0.1) is 23.2 Å². The summed E-state index contributed by atoms with van der Waals surface area (Å²) < 4.78 is 12.8. The van der Waals surface area contributed by atoms with E-state index in [9.17, 15) is 4.79 Å². The standard InChI is InChI=1S/C16H18Cl3N3O3/c1-11(23)24-16(22-10-20-9-21-22,14(19)15(2,3)8-17)25-13-6-4-12(18)5-7-13/h4-7,9-10,14H,8H2,1-3H3. The summed E-state index contributed by atoms with van der Waals surface area (Å²) in [4.78, 5) is 15.8. The van der Waals surface area contributed by atoms with Crippen molar-refractivity contribution in [2.75, 3.05) is 5.88 Å². The summed E-state index contributed by atoms with van der Waals surface area (Å²) in [6.07, 6.45) is 2.65. The van der Waals surface area contributed by atoms with Crippen LogP contribution in [0, 0.1) is 5.41 Å². The smallest absolute Gasteiger partial charge is 0.378 e. The third-order valence-corrected chi connectivity index (χ3v) is 5.26. The molecular formula is C16H18Cl3N3O3. The zero-order chi connectivity index (χ0) is 18.7. The molecule has 0 bridgehead atoms. The Kier molecular flexibility index (Phi) is 6.19. The van der Waals surface area contributed by atoms with E-state index in [-0.39, 0.29) is 5.88 Å². The van der Waals surface area contributed by atoms with Crippen LogP contribution in [-0.2, 0) is 15.4 Å². The summed E-state index contributed by atoms with van der Waals surface area (Å²) in [5, 5.41) is 3.72. The molecular weight excluding hydrogens is 389 g/mol. The van der Waals surface area contributed by atoms with Gasteiger partial charge in [0, 0.05) is 23.2 Å². The molecule has 0 saturated heterocycles. The van der Waals surface area contributed by atoms with Gasteiger partial charge >= 0.3 is 11.9 Å². The van der Waals surface area contributed by atoms with Crippen molar-refractivity contribution in [1.82, 2.24) is 14.8 Å². The van der Waals surface area contributed by atoms with Crippen molar-refractivity contribution in [3.63, 3.8) is 0 Å². The maximum Gasteiger partial charge on any atom is 0.378 e. The second-order valence-electron chi connectivity index (χ2n) is 6.11. The minimum Gasteiger partial charge on any atom is -0.433 e. The Morgan fingerprint density at radius 1 is 1.32 bits per heavy atom. The topological polar surface area (TPSA) is 66.2 Å². The van der Waals surface area contributed by atoms with Crippen LogP contribution in [0.5, 0.6) is 5.75 Å². The zero-order valence-electron chi connectivity index (χ0n) is 13.9. The van der Waals surface area contributed by atoms with E-state index in [2.05, 4.69) is 10.1 Å². The van der Waals surface area contributed by atoms with E-state index < -0.39 is 22.7 Å². The van der Waals surface area contributed by atoms with E-state index in [4.69, 9.17) is 44.3 Å². The fourth-order valence-corrected chi connectivity index (χ4v) is 2.77. The molecule has 136 valence electrons. The Hall–Kier alpha value is -1.50. The van der Waals surface area contributed by atoms with Gasteiger partial charge in [0.2, 0.25) is 0 Å². The lowest BCUT2D eigenvalue weighted by molar-refractivity contribution is -0.250. The van der Waals surface area contributed by atoms with Gasteiger partial charge in [-0.3, -0.25) is 4.79 Å². The van der Waals surface area contributed by atoms with Crippen molar-refractivity contribution in [2.24, 2.45) is 5.41 Å². The van der Waals surface area contributed by atoms with Gasteiger partial charge in [0.05, 0.1) is 0 Å². The van der Waals surface area contributed by atoms with Crippen LogP contribution in [0.1, 0.15) is 20.8 Å². The normalized spacial score (nSPS) is 15.3. The number of hydrogen-bond donors (Lipinski definition) is 0. The number of rotatable bonds is 7. The summed E-state index contributed by atoms with van der Waals surface area (Å²) in [6, 6.07) is 6.56. The number of nitrogens with zero attached hydrogens (tertiary/aromatic N) is 3. The van der Waals surface area contributed by atoms with Gasteiger partial charge in [-0.2, -0.15) is 9.78 Å². The average Bonchev–Trinajstić information content (AvgIpc) is 3.10. The summed E-state index contributed by atoms with van der Waals surface area (Å²) >= 11 is 18.7. The Morgan fingerprint density at radius 3 is 2.44 bits per heavy atom. The van der Waals surface area contributed by atoms with E-state index in [0.717, 1.165) is 0 Å². The molecule has 0 aliphatic carbocycles. The summed E-state index contributed by atoms with van der Waals surface area (Å²) in [7, 11) is 0. The fourth-order valence-electron chi connectivity index (χ4n) is 2.14. The molecule has 0 aliphatic rings. The lowest BCUT2D eigenvalue weighted by atomic mass is 9.89. The maximum atomic E-state index is 11.8. The first-order chi connectivity index (χ1) is 11.7. The van der Waals surface area contributed by atoms with Crippen LogP contribution in [-0.4, -0.2) is 32.0 Å². The molecule has 1 aromatic heterocycles. The number of halogens is 3. The van der Waals surface area contributed by atoms with Gasteiger partial charge in [0.1, 0.15) is 23.8 Å². The number of carbonyl (C=O) groups is 1. The predicted molar refractivity (Wildman–Crippen MR) is 96.0 cm³/mol. The lowest BCUT2D eigenvalue weighted by Gasteiger charge is -2.41. The molecule has 0 radical (unpaired) electrons. The van der Waals surface area contributed by atoms with E-state index >= 15 is 0 Å². The van der Waals surface area contributed by atoms with Crippen molar-refractivity contribution in [3.05, 3.63) is 41.9 Å². The SMILES string of the molecule is CC(=O)OC(Oc1ccc(Cl)cc1)(C(Cl)C(C)(C)CCl)n1cncn1. The maximum absolute atomic E-state index is 11.8. The molecule has 1 aromatic carbocycles. The quantitative estimate of drug-likeness (QED) is 0.394. The number of ether oxygens (including phenoxy) is 2. The van der Waals surface area contributed by atoms with Crippen LogP contribution < -0.4 is 4.74 Å². The Balaban J connectivity index is 2.58. The number of aromatic nitrogens is 3. The van der Waals surface area contributed by atoms with Crippen molar-refractivity contribution in [1.29, 1.82) is 0 Å². The van der Waals surface area contributed by atoms with Crippen LogP contribution in [0.4, 0.5) is 0 Å². The first-order valence-corrected chi connectivity index (χ1v) is 8.75. The molecule has 9 heteroatoms. The molecule has 6 nitrogen and oxygen atoms in total. The van der Waals surface area contributed by atoms with Gasteiger partial charge in [-0.05, 0) is 24.3 Å². The number of carbonyl (C=O) groups excluding carboxylic acids is 1. The van der Waals surface area contributed by atoms with E-state index in [1.54, 1.807) is 24.3 Å². The summed E-state index contributed by atoms with van der Waals surface area (Å²) in [5.74, 6) is -1.79. The highest BCUT2D eigenvalue weighted by Gasteiger charge is 2.54. The number of hydrogen-bond acceptors (Lipinski definition) is 5. The molecule has 0 N–H and O–H groups in total. The molecule has 2 aromatic rings. The Bertz CT molecular complexity index is 707. The van der Waals surface area contributed by atoms with Crippen molar-refractivity contribution >= 4 is 40.8 Å². The molecule has 0 spiro atoms. The van der Waals surface area contributed by atoms with Gasteiger partial charge < -0.3 is 9.47 Å². The zero-order valence-corrected chi connectivity index (χ0v) is 16.2. The third-order valence-electron chi connectivity index (χ3n) is 3.46. The first kappa shape index (κ1) is 19.8. The second-order valence-corrected chi connectivity index (χ2v) is 7.25. The van der Waals surface area contributed by atoms with Gasteiger partial charge in [-0.1, -0.05) is 25.4 Å². The van der Waals surface area contributed by atoms with Crippen molar-refractivity contribution in [3.8, 4) is 5.75 Å². The molecule has 2 rings (SSSR count).